The maximum atomic E-state index is 11.2. The third-order valence-corrected chi connectivity index (χ3v) is 4.20. The van der Waals surface area contributed by atoms with E-state index >= 15 is 0 Å². The van der Waals surface area contributed by atoms with Crippen LogP contribution in [0.1, 0.15) is 35.5 Å². The number of hydrogen-bond donors (Lipinski definition) is 1. The van der Waals surface area contributed by atoms with Crippen molar-refractivity contribution in [2.75, 3.05) is 5.32 Å². The Balaban J connectivity index is 1.82. The fourth-order valence-corrected chi connectivity index (χ4v) is 2.89. The zero-order chi connectivity index (χ0) is 18.8. The third-order valence-electron chi connectivity index (χ3n) is 4.20. The summed E-state index contributed by atoms with van der Waals surface area (Å²) in [7, 11) is 0. The normalized spacial score (nSPS) is 12.0. The molecular formula is C19H21N5O2. The first-order valence-electron chi connectivity index (χ1n) is 8.36. The van der Waals surface area contributed by atoms with Crippen molar-refractivity contribution >= 4 is 11.5 Å². The van der Waals surface area contributed by atoms with Crippen molar-refractivity contribution in [1.29, 1.82) is 0 Å². The van der Waals surface area contributed by atoms with Crippen LogP contribution in [0.15, 0.2) is 42.6 Å². The van der Waals surface area contributed by atoms with Crippen LogP contribution in [0.4, 0.5) is 11.5 Å². The molecule has 0 bridgehead atoms. The molecule has 0 saturated heterocycles. The van der Waals surface area contributed by atoms with Gasteiger partial charge in [0.15, 0.2) is 0 Å². The molecule has 1 N–H and O–H groups in total. The Morgan fingerprint density at radius 1 is 1.15 bits per heavy atom. The molecule has 7 heteroatoms. The molecule has 0 radical (unpaired) electrons. The highest BCUT2D eigenvalue weighted by molar-refractivity contribution is 5.57. The minimum atomic E-state index is -0.416. The molecule has 1 unspecified atom stereocenters. The Hall–Kier alpha value is -3.22. The van der Waals surface area contributed by atoms with Gasteiger partial charge in [-0.3, -0.25) is 10.1 Å². The number of nitro groups is 1. The summed E-state index contributed by atoms with van der Waals surface area (Å²) in [5, 5.41) is 18.9. The average Bonchev–Trinajstić information content (AvgIpc) is 2.94. The lowest BCUT2D eigenvalue weighted by molar-refractivity contribution is -0.384. The third kappa shape index (κ3) is 3.56. The van der Waals surface area contributed by atoms with Gasteiger partial charge in [0.2, 0.25) is 5.82 Å². The highest BCUT2D eigenvalue weighted by atomic mass is 16.6. The largest absolute Gasteiger partial charge is 0.358 e. The van der Waals surface area contributed by atoms with E-state index in [4.69, 9.17) is 0 Å². The predicted octanol–water partition coefficient (Wildman–Crippen LogP) is 4.27. The Labute approximate surface area is 151 Å². The van der Waals surface area contributed by atoms with Crippen LogP contribution in [-0.2, 0) is 0 Å². The van der Waals surface area contributed by atoms with Crippen LogP contribution in [0.3, 0.4) is 0 Å². The Morgan fingerprint density at radius 2 is 1.85 bits per heavy atom. The summed E-state index contributed by atoms with van der Waals surface area (Å²) in [6.45, 7) is 7.71. The highest BCUT2D eigenvalue weighted by Gasteiger charge is 2.18. The van der Waals surface area contributed by atoms with Gasteiger partial charge in [0.1, 0.15) is 0 Å². The summed E-state index contributed by atoms with van der Waals surface area (Å²) < 4.78 is 1.89. The average molecular weight is 351 g/mol. The van der Waals surface area contributed by atoms with Crippen molar-refractivity contribution < 1.29 is 4.92 Å². The molecule has 3 rings (SSSR count). The molecule has 0 fully saturated rings. The Bertz CT molecular complexity index is 947. The quantitative estimate of drug-likeness (QED) is 0.548. The van der Waals surface area contributed by atoms with Crippen LogP contribution in [0, 0.1) is 30.9 Å². The Morgan fingerprint density at radius 3 is 2.42 bits per heavy atom. The molecule has 0 aliphatic rings. The summed E-state index contributed by atoms with van der Waals surface area (Å²) >= 11 is 0. The zero-order valence-electron chi connectivity index (χ0n) is 15.2. The SMILES string of the molecule is Cc1cnc(NC(C)c2ccc(-n3nc(C)cc3C)cc2)c([N+](=O)[O-])c1. The van der Waals surface area contributed by atoms with E-state index in [0.29, 0.717) is 0 Å². The van der Waals surface area contributed by atoms with Gasteiger partial charge in [0.05, 0.1) is 22.3 Å². The fraction of sp³-hybridized carbons (Fsp3) is 0.263. The van der Waals surface area contributed by atoms with Crippen LogP contribution in [0.25, 0.3) is 5.69 Å². The molecule has 0 amide bonds. The van der Waals surface area contributed by atoms with E-state index in [9.17, 15) is 10.1 Å². The van der Waals surface area contributed by atoms with Gasteiger partial charge in [-0.05, 0) is 57.0 Å². The monoisotopic (exact) mass is 351 g/mol. The number of aryl methyl sites for hydroxylation is 3. The molecule has 7 nitrogen and oxygen atoms in total. The van der Waals surface area contributed by atoms with Gasteiger partial charge < -0.3 is 5.32 Å². The lowest BCUT2D eigenvalue weighted by atomic mass is 10.1. The van der Waals surface area contributed by atoms with Crippen molar-refractivity contribution in [3.8, 4) is 5.69 Å². The molecule has 0 saturated carbocycles. The molecule has 1 atom stereocenters. The van der Waals surface area contributed by atoms with Crippen molar-refractivity contribution in [3.63, 3.8) is 0 Å². The maximum Gasteiger partial charge on any atom is 0.311 e. The predicted molar refractivity (Wildman–Crippen MR) is 101 cm³/mol. The van der Waals surface area contributed by atoms with E-state index in [-0.39, 0.29) is 17.5 Å². The second-order valence-electron chi connectivity index (χ2n) is 6.43. The fourth-order valence-electron chi connectivity index (χ4n) is 2.89. The van der Waals surface area contributed by atoms with Crippen molar-refractivity contribution in [2.45, 2.75) is 33.7 Å². The first kappa shape index (κ1) is 17.6. The van der Waals surface area contributed by atoms with Gasteiger partial charge in [-0.2, -0.15) is 5.10 Å². The second kappa shape index (κ2) is 6.95. The molecule has 1 aromatic carbocycles. The van der Waals surface area contributed by atoms with E-state index in [1.54, 1.807) is 13.1 Å². The molecular weight excluding hydrogens is 330 g/mol. The second-order valence-corrected chi connectivity index (χ2v) is 6.43. The number of benzene rings is 1. The minimum absolute atomic E-state index is 0.0175. The lowest BCUT2D eigenvalue weighted by Crippen LogP contribution is -2.10. The van der Waals surface area contributed by atoms with E-state index in [1.807, 2.05) is 55.8 Å². The number of pyridine rings is 1. The number of rotatable bonds is 5. The van der Waals surface area contributed by atoms with Crippen LogP contribution in [-0.4, -0.2) is 19.7 Å². The van der Waals surface area contributed by atoms with Gasteiger partial charge in [0, 0.05) is 18.0 Å². The van der Waals surface area contributed by atoms with Gasteiger partial charge in [0.25, 0.3) is 0 Å². The van der Waals surface area contributed by atoms with E-state index in [1.165, 1.54) is 6.07 Å². The first-order valence-corrected chi connectivity index (χ1v) is 8.36. The summed E-state index contributed by atoms with van der Waals surface area (Å²) in [4.78, 5) is 15.0. The van der Waals surface area contributed by atoms with E-state index < -0.39 is 4.92 Å². The smallest absolute Gasteiger partial charge is 0.311 e. The van der Waals surface area contributed by atoms with Crippen molar-refractivity contribution in [1.82, 2.24) is 14.8 Å². The van der Waals surface area contributed by atoms with Gasteiger partial charge >= 0.3 is 5.69 Å². The van der Waals surface area contributed by atoms with E-state index in [2.05, 4.69) is 15.4 Å². The number of anilines is 1. The summed E-state index contributed by atoms with van der Waals surface area (Å²) in [6.07, 6.45) is 1.62. The minimum Gasteiger partial charge on any atom is -0.358 e. The molecule has 0 aliphatic carbocycles. The van der Waals surface area contributed by atoms with Gasteiger partial charge in [-0.25, -0.2) is 9.67 Å². The lowest BCUT2D eigenvalue weighted by Gasteiger charge is -2.16. The molecule has 2 heterocycles. The number of nitrogens with one attached hydrogen (secondary N) is 1. The topological polar surface area (TPSA) is 85.9 Å². The summed E-state index contributed by atoms with van der Waals surface area (Å²) in [6, 6.07) is 11.4. The van der Waals surface area contributed by atoms with Crippen LogP contribution in [0.5, 0.6) is 0 Å². The van der Waals surface area contributed by atoms with E-state index in [0.717, 1.165) is 28.2 Å². The highest BCUT2D eigenvalue weighted by Crippen LogP contribution is 2.27. The van der Waals surface area contributed by atoms with Gasteiger partial charge in [-0.1, -0.05) is 12.1 Å². The standard InChI is InChI=1S/C19H21N5O2/c1-12-9-18(24(25)26)19(20-11-12)21-15(4)16-5-7-17(8-6-16)23-14(3)10-13(2)22-23/h5-11,15H,1-4H3,(H,20,21). The Kier molecular flexibility index (Phi) is 4.71. The molecule has 2 aromatic heterocycles. The van der Waals surface area contributed by atoms with Crippen LogP contribution >= 0.6 is 0 Å². The van der Waals surface area contributed by atoms with Crippen LogP contribution in [0.2, 0.25) is 0 Å². The van der Waals surface area contributed by atoms with Crippen molar-refractivity contribution in [2.24, 2.45) is 0 Å². The molecule has 0 spiro atoms. The van der Waals surface area contributed by atoms with Gasteiger partial charge in [-0.15, -0.1) is 0 Å². The van der Waals surface area contributed by atoms with Crippen LogP contribution < -0.4 is 5.32 Å². The van der Waals surface area contributed by atoms with Crippen molar-refractivity contribution in [3.05, 3.63) is 75.2 Å². The first-order chi connectivity index (χ1) is 12.3. The maximum absolute atomic E-state index is 11.2. The molecule has 3 aromatic rings. The number of hydrogen-bond acceptors (Lipinski definition) is 5. The number of nitrogens with zero attached hydrogens (tertiary/aromatic N) is 4. The molecule has 0 aliphatic heterocycles. The molecule has 26 heavy (non-hydrogen) atoms. The number of aromatic nitrogens is 3. The summed E-state index contributed by atoms with van der Waals surface area (Å²) in [5.74, 6) is 0.274. The summed E-state index contributed by atoms with van der Waals surface area (Å²) in [5.41, 5.74) is 4.76. The zero-order valence-corrected chi connectivity index (χ0v) is 15.2. The molecule has 134 valence electrons.